The van der Waals surface area contributed by atoms with Crippen LogP contribution in [0.4, 0.5) is 4.39 Å². The number of nitrogens with zero attached hydrogens (tertiary/aromatic N) is 4. The maximum Gasteiger partial charge on any atom is 0.257 e. The van der Waals surface area contributed by atoms with Gasteiger partial charge in [-0.1, -0.05) is 13.8 Å². The van der Waals surface area contributed by atoms with Gasteiger partial charge in [0.2, 0.25) is 5.91 Å². The van der Waals surface area contributed by atoms with Crippen LogP contribution in [0.1, 0.15) is 53.7 Å². The maximum atomic E-state index is 14.0. The van der Waals surface area contributed by atoms with E-state index in [1.807, 2.05) is 4.90 Å². The first kappa shape index (κ1) is 19.0. The Balaban J connectivity index is 1.43. The molecular formula is C20H23FN4O2S. The Kier molecular flexibility index (Phi) is 5.14. The number of hydrogen-bond acceptors (Lipinski definition) is 5. The molecule has 0 aromatic carbocycles. The lowest BCUT2D eigenvalue weighted by Crippen LogP contribution is -2.40. The van der Waals surface area contributed by atoms with Crippen molar-refractivity contribution in [2.75, 3.05) is 13.1 Å². The van der Waals surface area contributed by atoms with Gasteiger partial charge >= 0.3 is 0 Å². The summed E-state index contributed by atoms with van der Waals surface area (Å²) >= 11 is 1.66. The molecule has 2 aromatic rings. The van der Waals surface area contributed by atoms with Gasteiger partial charge in [0.1, 0.15) is 0 Å². The molecule has 0 unspecified atom stereocenters. The molecule has 0 spiro atoms. The van der Waals surface area contributed by atoms with E-state index in [-0.39, 0.29) is 29.5 Å². The summed E-state index contributed by atoms with van der Waals surface area (Å²) in [6.07, 6.45) is 4.20. The minimum absolute atomic E-state index is 0.00422. The Morgan fingerprint density at radius 3 is 2.93 bits per heavy atom. The van der Waals surface area contributed by atoms with Gasteiger partial charge in [-0.3, -0.25) is 14.6 Å². The minimum Gasteiger partial charge on any atom is -0.337 e. The quantitative estimate of drug-likeness (QED) is 0.771. The van der Waals surface area contributed by atoms with Crippen LogP contribution in [0.3, 0.4) is 0 Å². The Labute approximate surface area is 167 Å². The zero-order chi connectivity index (χ0) is 19.8. The lowest BCUT2D eigenvalue weighted by atomic mass is 10.1. The molecule has 4 rings (SSSR count). The number of thiazole rings is 1. The normalized spacial score (nSPS) is 21.6. The molecule has 2 aliphatic rings. The Hall–Kier alpha value is -2.35. The van der Waals surface area contributed by atoms with E-state index >= 15 is 0 Å². The van der Waals surface area contributed by atoms with Crippen LogP contribution in [-0.4, -0.2) is 56.8 Å². The predicted molar refractivity (Wildman–Crippen MR) is 104 cm³/mol. The van der Waals surface area contributed by atoms with Crippen LogP contribution in [0.25, 0.3) is 0 Å². The topological polar surface area (TPSA) is 66.4 Å². The highest BCUT2D eigenvalue weighted by atomic mass is 32.1. The number of carbonyl (C=O) groups excluding carboxylic acids is 2. The molecule has 0 radical (unpaired) electrons. The molecule has 0 N–H and O–H groups in total. The zero-order valence-corrected chi connectivity index (χ0v) is 16.8. The van der Waals surface area contributed by atoms with Gasteiger partial charge < -0.3 is 9.80 Å². The highest BCUT2D eigenvalue weighted by molar-refractivity contribution is 7.09. The van der Waals surface area contributed by atoms with Crippen LogP contribution < -0.4 is 0 Å². The van der Waals surface area contributed by atoms with Crippen molar-refractivity contribution >= 4 is 23.2 Å². The van der Waals surface area contributed by atoms with Crippen molar-refractivity contribution in [1.82, 2.24) is 19.8 Å². The van der Waals surface area contributed by atoms with Crippen LogP contribution in [0, 0.1) is 5.82 Å². The summed E-state index contributed by atoms with van der Waals surface area (Å²) in [6, 6.07) is 1.22. The van der Waals surface area contributed by atoms with Crippen molar-refractivity contribution in [3.63, 3.8) is 0 Å². The molecule has 2 amide bonds. The van der Waals surface area contributed by atoms with Gasteiger partial charge in [-0.05, 0) is 12.5 Å². The molecule has 2 saturated heterocycles. The number of halogens is 1. The predicted octanol–water partition coefficient (Wildman–Crippen LogP) is 2.86. The summed E-state index contributed by atoms with van der Waals surface area (Å²) in [5.41, 5.74) is 1.03. The Morgan fingerprint density at radius 2 is 2.21 bits per heavy atom. The van der Waals surface area contributed by atoms with Crippen LogP contribution in [0.2, 0.25) is 0 Å². The highest BCUT2D eigenvalue weighted by Gasteiger charge is 2.48. The first-order valence-electron chi connectivity index (χ1n) is 9.60. The maximum absolute atomic E-state index is 14.0. The molecule has 6 nitrogen and oxygen atoms in total. The summed E-state index contributed by atoms with van der Waals surface area (Å²) < 4.78 is 14.0. The molecule has 8 heteroatoms. The molecule has 0 saturated carbocycles. The van der Waals surface area contributed by atoms with Crippen molar-refractivity contribution in [3.05, 3.63) is 45.9 Å². The number of rotatable bonds is 5. The summed E-state index contributed by atoms with van der Waals surface area (Å²) in [5, 5.41) is 3.17. The average molecular weight is 402 g/mol. The monoisotopic (exact) mass is 402 g/mol. The molecule has 28 heavy (non-hydrogen) atoms. The lowest BCUT2D eigenvalue weighted by molar-refractivity contribution is -0.129. The van der Waals surface area contributed by atoms with Gasteiger partial charge in [0.05, 0.1) is 34.5 Å². The van der Waals surface area contributed by atoms with Gasteiger partial charge in [0.15, 0.2) is 5.82 Å². The number of hydrogen-bond donors (Lipinski definition) is 0. The van der Waals surface area contributed by atoms with Gasteiger partial charge in [-0.2, -0.15) is 0 Å². The molecule has 148 valence electrons. The first-order valence-corrected chi connectivity index (χ1v) is 10.5. The number of carbonyl (C=O) groups is 2. The van der Waals surface area contributed by atoms with Crippen LogP contribution in [0.5, 0.6) is 0 Å². The Bertz CT molecular complexity index is 900. The fraction of sp³-hybridized carbons (Fsp3) is 0.500. The Morgan fingerprint density at radius 1 is 1.39 bits per heavy atom. The summed E-state index contributed by atoms with van der Waals surface area (Å²) in [4.78, 5) is 37.2. The smallest absolute Gasteiger partial charge is 0.257 e. The molecule has 2 atom stereocenters. The van der Waals surface area contributed by atoms with E-state index in [2.05, 4.69) is 29.2 Å². The third-order valence-electron chi connectivity index (χ3n) is 5.55. The zero-order valence-electron chi connectivity index (χ0n) is 16.0. The van der Waals surface area contributed by atoms with Gasteiger partial charge in [-0.15, -0.1) is 11.3 Å². The second-order valence-corrected chi connectivity index (χ2v) is 8.54. The van der Waals surface area contributed by atoms with E-state index in [0.29, 0.717) is 31.8 Å². The van der Waals surface area contributed by atoms with Crippen molar-refractivity contribution in [3.8, 4) is 0 Å². The van der Waals surface area contributed by atoms with Crippen LogP contribution >= 0.6 is 11.3 Å². The number of likely N-dealkylation sites (tertiary alicyclic amines) is 2. The third kappa shape index (κ3) is 3.41. The highest BCUT2D eigenvalue weighted by Crippen LogP contribution is 2.34. The van der Waals surface area contributed by atoms with Crippen LogP contribution in [-0.2, 0) is 11.2 Å². The number of pyridine rings is 1. The van der Waals surface area contributed by atoms with Gasteiger partial charge in [-0.25, -0.2) is 9.37 Å². The van der Waals surface area contributed by atoms with E-state index in [9.17, 15) is 14.0 Å². The SMILES string of the molecule is CC(C)c1nc(CCN2C(=O)C[C@H]3[C@@H]2CCN3C(=O)c2ccncc2F)cs1. The lowest BCUT2D eigenvalue weighted by Gasteiger charge is -2.25. The standard InChI is InChI=1S/C20H23FN4O2S/c1-12(2)19-23-13(11-28-19)4-7-24-16-5-8-25(17(16)9-18(24)26)20(27)14-3-6-22-10-15(14)21/h3,6,10-12,16-17H,4-5,7-9H2,1-2H3/t16-,17-/m0/s1. The molecular weight excluding hydrogens is 379 g/mol. The molecule has 0 aliphatic carbocycles. The second-order valence-electron chi connectivity index (χ2n) is 7.65. The summed E-state index contributed by atoms with van der Waals surface area (Å²) in [6.45, 7) is 5.38. The molecule has 2 aliphatic heterocycles. The van der Waals surface area contributed by atoms with Crippen molar-refractivity contribution in [1.29, 1.82) is 0 Å². The summed E-state index contributed by atoms with van der Waals surface area (Å²) in [5.74, 6) is -0.522. The van der Waals surface area contributed by atoms with Crippen molar-refractivity contribution in [2.24, 2.45) is 0 Å². The fourth-order valence-electron chi connectivity index (χ4n) is 4.11. The van der Waals surface area contributed by atoms with Gasteiger partial charge in [0.25, 0.3) is 5.91 Å². The van der Waals surface area contributed by atoms with E-state index in [4.69, 9.17) is 0 Å². The molecule has 0 bridgehead atoms. The molecule has 2 aromatic heterocycles. The van der Waals surface area contributed by atoms with Gasteiger partial charge in [0, 0.05) is 43.4 Å². The van der Waals surface area contributed by atoms with Crippen molar-refractivity contribution < 1.29 is 14.0 Å². The molecule has 4 heterocycles. The largest absolute Gasteiger partial charge is 0.337 e. The number of fused-ring (bicyclic) bond motifs is 1. The number of amides is 2. The van der Waals surface area contributed by atoms with Crippen molar-refractivity contribution in [2.45, 2.75) is 51.1 Å². The van der Waals surface area contributed by atoms with E-state index in [1.54, 1.807) is 16.2 Å². The van der Waals surface area contributed by atoms with Crippen LogP contribution in [0.15, 0.2) is 23.8 Å². The van der Waals surface area contributed by atoms with E-state index in [1.165, 1.54) is 12.3 Å². The number of aromatic nitrogens is 2. The summed E-state index contributed by atoms with van der Waals surface area (Å²) in [7, 11) is 0. The molecule has 2 fully saturated rings. The van der Waals surface area contributed by atoms with E-state index in [0.717, 1.165) is 23.3 Å². The van der Waals surface area contributed by atoms with E-state index < -0.39 is 5.82 Å². The minimum atomic E-state index is -0.624. The third-order valence-corrected chi connectivity index (χ3v) is 6.74. The first-order chi connectivity index (χ1) is 13.5. The fourth-order valence-corrected chi connectivity index (χ4v) is 4.98. The average Bonchev–Trinajstić information content (AvgIpc) is 3.36. The second kappa shape index (κ2) is 7.58.